The van der Waals surface area contributed by atoms with Crippen molar-refractivity contribution in [3.8, 4) is 0 Å². The minimum absolute atomic E-state index is 0.452. The molecule has 8 heteroatoms. The normalized spacial score (nSPS) is 11.5. The Kier molecular flexibility index (Phi) is 4.46. The highest BCUT2D eigenvalue weighted by Crippen LogP contribution is 2.11. The van der Waals surface area contributed by atoms with Gasteiger partial charge in [-0.15, -0.1) is 0 Å². The van der Waals surface area contributed by atoms with Crippen LogP contribution in [0.15, 0.2) is 16.8 Å². The molecule has 0 aliphatic carbocycles. The summed E-state index contributed by atoms with van der Waals surface area (Å²) in [7, 11) is 0. The maximum Gasteiger partial charge on any atom is 0.326 e. The SMILES string of the molecule is NC(=O)C[C@H](NC(=O)Nc1ccsc1)C(=O)O. The zero-order valence-corrected chi connectivity index (χ0v) is 9.49. The van der Waals surface area contributed by atoms with Gasteiger partial charge in [0.05, 0.1) is 12.1 Å². The number of nitrogens with two attached hydrogens (primary N) is 1. The summed E-state index contributed by atoms with van der Waals surface area (Å²) in [4.78, 5) is 32.7. The van der Waals surface area contributed by atoms with Crippen molar-refractivity contribution in [2.45, 2.75) is 12.5 Å². The number of nitrogens with one attached hydrogen (secondary N) is 2. The van der Waals surface area contributed by atoms with Crippen molar-refractivity contribution in [2.75, 3.05) is 5.32 Å². The number of aliphatic carboxylic acids is 1. The third-order valence-electron chi connectivity index (χ3n) is 1.79. The average Bonchev–Trinajstić information content (AvgIpc) is 2.68. The Morgan fingerprint density at radius 2 is 2.18 bits per heavy atom. The Bertz CT molecular complexity index is 418. The molecule has 17 heavy (non-hydrogen) atoms. The molecule has 1 aromatic rings. The molecule has 0 aromatic carbocycles. The number of carboxylic acid groups (broad SMARTS) is 1. The van der Waals surface area contributed by atoms with Crippen LogP contribution in [0.1, 0.15) is 6.42 Å². The van der Waals surface area contributed by atoms with E-state index in [4.69, 9.17) is 10.8 Å². The zero-order chi connectivity index (χ0) is 12.8. The van der Waals surface area contributed by atoms with Gasteiger partial charge in [0.15, 0.2) is 0 Å². The number of hydrogen-bond acceptors (Lipinski definition) is 4. The zero-order valence-electron chi connectivity index (χ0n) is 8.67. The van der Waals surface area contributed by atoms with Crippen LogP contribution in [-0.4, -0.2) is 29.1 Å². The predicted molar refractivity (Wildman–Crippen MR) is 61.7 cm³/mol. The van der Waals surface area contributed by atoms with E-state index < -0.39 is 30.4 Å². The second-order valence-corrected chi connectivity index (χ2v) is 3.95. The minimum Gasteiger partial charge on any atom is -0.480 e. The van der Waals surface area contributed by atoms with Crippen LogP contribution in [0.25, 0.3) is 0 Å². The van der Waals surface area contributed by atoms with Crippen LogP contribution < -0.4 is 16.4 Å². The number of urea groups is 1. The first kappa shape index (κ1) is 13.0. The van der Waals surface area contributed by atoms with Crippen LogP contribution >= 0.6 is 11.3 Å². The third kappa shape index (κ3) is 4.51. The molecule has 5 N–H and O–H groups in total. The van der Waals surface area contributed by atoms with Gasteiger partial charge in [-0.05, 0) is 11.4 Å². The fraction of sp³-hybridized carbons (Fsp3) is 0.222. The number of rotatable bonds is 5. The lowest BCUT2D eigenvalue weighted by atomic mass is 10.2. The molecule has 1 rings (SSSR count). The number of primary amides is 1. The Hall–Kier alpha value is -2.09. The fourth-order valence-electron chi connectivity index (χ4n) is 1.06. The van der Waals surface area contributed by atoms with E-state index in [1.54, 1.807) is 16.8 Å². The van der Waals surface area contributed by atoms with Crippen molar-refractivity contribution in [1.82, 2.24) is 5.32 Å². The van der Waals surface area contributed by atoms with Crippen LogP contribution in [0, 0.1) is 0 Å². The molecule has 1 aromatic heterocycles. The summed E-state index contributed by atoms with van der Waals surface area (Å²) >= 11 is 1.38. The van der Waals surface area contributed by atoms with Gasteiger partial charge >= 0.3 is 12.0 Å². The summed E-state index contributed by atoms with van der Waals surface area (Å²) in [5, 5.41) is 16.8. The minimum atomic E-state index is -1.33. The van der Waals surface area contributed by atoms with Gasteiger partial charge in [0.1, 0.15) is 6.04 Å². The van der Waals surface area contributed by atoms with E-state index in [0.717, 1.165) is 0 Å². The molecule has 0 unspecified atom stereocenters. The average molecular weight is 257 g/mol. The fourth-order valence-corrected chi connectivity index (χ4v) is 1.65. The lowest BCUT2D eigenvalue weighted by molar-refractivity contribution is -0.140. The molecule has 1 heterocycles. The van der Waals surface area contributed by atoms with Gasteiger partial charge in [0.2, 0.25) is 5.91 Å². The first-order chi connectivity index (χ1) is 7.99. The smallest absolute Gasteiger partial charge is 0.326 e. The van der Waals surface area contributed by atoms with Crippen molar-refractivity contribution >= 4 is 34.9 Å². The highest BCUT2D eigenvalue weighted by atomic mass is 32.1. The number of anilines is 1. The Labute approximate surface area is 101 Å². The number of hydrogen-bond donors (Lipinski definition) is 4. The maximum atomic E-state index is 11.4. The Balaban J connectivity index is 2.52. The second kappa shape index (κ2) is 5.85. The first-order valence-electron chi connectivity index (χ1n) is 4.60. The molecule has 1 atom stereocenters. The summed E-state index contributed by atoms with van der Waals surface area (Å²) in [5.74, 6) is -2.11. The molecule has 0 fully saturated rings. The van der Waals surface area contributed by atoms with Crippen LogP contribution in [0.2, 0.25) is 0 Å². The van der Waals surface area contributed by atoms with E-state index in [1.165, 1.54) is 11.3 Å². The van der Waals surface area contributed by atoms with Crippen LogP contribution in [0.3, 0.4) is 0 Å². The van der Waals surface area contributed by atoms with Crippen molar-refractivity contribution in [3.63, 3.8) is 0 Å². The van der Waals surface area contributed by atoms with Crippen molar-refractivity contribution in [2.24, 2.45) is 5.73 Å². The van der Waals surface area contributed by atoms with Gasteiger partial charge in [-0.2, -0.15) is 11.3 Å². The topological polar surface area (TPSA) is 122 Å². The molecule has 0 radical (unpaired) electrons. The molecule has 0 spiro atoms. The Morgan fingerprint density at radius 3 is 2.65 bits per heavy atom. The molecule has 7 nitrogen and oxygen atoms in total. The highest BCUT2D eigenvalue weighted by Gasteiger charge is 2.21. The maximum absolute atomic E-state index is 11.4. The molecular formula is C9H11N3O4S. The van der Waals surface area contributed by atoms with E-state index >= 15 is 0 Å². The molecule has 0 saturated heterocycles. The van der Waals surface area contributed by atoms with Crippen molar-refractivity contribution < 1.29 is 19.5 Å². The number of thiophene rings is 1. The molecule has 0 bridgehead atoms. The summed E-state index contributed by atoms with van der Waals surface area (Å²) in [6.07, 6.45) is -0.452. The van der Waals surface area contributed by atoms with Crippen LogP contribution in [-0.2, 0) is 9.59 Å². The third-order valence-corrected chi connectivity index (χ3v) is 2.47. The van der Waals surface area contributed by atoms with Crippen molar-refractivity contribution in [3.05, 3.63) is 16.8 Å². The number of carbonyl (C=O) groups is 3. The van der Waals surface area contributed by atoms with Gasteiger partial charge in [0, 0.05) is 5.38 Å². The summed E-state index contributed by atoms with van der Waals surface area (Å²) in [6.45, 7) is 0. The molecule has 0 aliphatic rings. The van der Waals surface area contributed by atoms with E-state index in [9.17, 15) is 14.4 Å². The van der Waals surface area contributed by atoms with Gasteiger partial charge in [-0.25, -0.2) is 9.59 Å². The quantitative estimate of drug-likeness (QED) is 0.601. The second-order valence-electron chi connectivity index (χ2n) is 3.17. The van der Waals surface area contributed by atoms with Gasteiger partial charge < -0.3 is 21.5 Å². The summed E-state index contributed by atoms with van der Waals surface area (Å²) < 4.78 is 0. The van der Waals surface area contributed by atoms with Crippen LogP contribution in [0.4, 0.5) is 10.5 Å². The lowest BCUT2D eigenvalue weighted by Gasteiger charge is -2.12. The molecule has 3 amide bonds. The highest BCUT2D eigenvalue weighted by molar-refractivity contribution is 7.08. The van der Waals surface area contributed by atoms with Gasteiger partial charge in [-0.3, -0.25) is 4.79 Å². The monoisotopic (exact) mass is 257 g/mol. The first-order valence-corrected chi connectivity index (χ1v) is 5.54. The largest absolute Gasteiger partial charge is 0.480 e. The Morgan fingerprint density at radius 1 is 1.47 bits per heavy atom. The standard InChI is InChI=1S/C9H11N3O4S/c10-7(13)3-6(8(14)15)12-9(16)11-5-1-2-17-4-5/h1-2,4,6H,3H2,(H2,10,13)(H,14,15)(H2,11,12,16)/t6-/m0/s1. The summed E-state index contributed by atoms with van der Waals surface area (Å²) in [6, 6.07) is -0.364. The summed E-state index contributed by atoms with van der Waals surface area (Å²) in [5.41, 5.74) is 5.42. The van der Waals surface area contributed by atoms with Crippen molar-refractivity contribution in [1.29, 1.82) is 0 Å². The number of carboxylic acids is 1. The molecular weight excluding hydrogens is 246 g/mol. The van der Waals surface area contributed by atoms with E-state index in [2.05, 4.69) is 10.6 Å². The van der Waals surface area contributed by atoms with Gasteiger partial charge in [0.25, 0.3) is 0 Å². The number of amides is 3. The molecule has 0 saturated carbocycles. The van der Waals surface area contributed by atoms with E-state index in [-0.39, 0.29) is 0 Å². The molecule has 0 aliphatic heterocycles. The predicted octanol–water partition coefficient (Wildman–Crippen LogP) is 0.198. The van der Waals surface area contributed by atoms with Gasteiger partial charge in [-0.1, -0.05) is 0 Å². The molecule has 92 valence electrons. The lowest BCUT2D eigenvalue weighted by Crippen LogP contribution is -2.45. The van der Waals surface area contributed by atoms with E-state index in [1.807, 2.05) is 0 Å². The van der Waals surface area contributed by atoms with Crippen LogP contribution in [0.5, 0.6) is 0 Å². The van der Waals surface area contributed by atoms with E-state index in [0.29, 0.717) is 5.69 Å². The number of carbonyl (C=O) groups excluding carboxylic acids is 2.